The minimum absolute atomic E-state index is 0.155. The second-order valence-corrected chi connectivity index (χ2v) is 8.31. The Labute approximate surface area is 208 Å². The minimum atomic E-state index is -1.58. The SMILES string of the molecule is CCOC(=O)C1=C(C)NC(C)=C(C(=O)OCCO[C@@H]2O[C@H](CO)[C@@H](O)[C@H](O)[C@H]2O)C1c1ccccn1. The molecule has 36 heavy (non-hydrogen) atoms. The number of aromatic nitrogens is 1. The van der Waals surface area contributed by atoms with Gasteiger partial charge in [0, 0.05) is 17.6 Å². The highest BCUT2D eigenvalue weighted by Gasteiger charge is 2.44. The van der Waals surface area contributed by atoms with Gasteiger partial charge in [-0.1, -0.05) is 6.07 Å². The summed E-state index contributed by atoms with van der Waals surface area (Å²) in [7, 11) is 0. The maximum Gasteiger partial charge on any atom is 0.336 e. The van der Waals surface area contributed by atoms with Crippen molar-refractivity contribution >= 4 is 11.9 Å². The van der Waals surface area contributed by atoms with Gasteiger partial charge in [0.1, 0.15) is 31.0 Å². The second-order valence-electron chi connectivity index (χ2n) is 8.31. The molecule has 5 N–H and O–H groups in total. The number of hydrogen-bond donors (Lipinski definition) is 5. The summed E-state index contributed by atoms with van der Waals surface area (Å²) in [6, 6.07) is 5.16. The van der Waals surface area contributed by atoms with Crippen LogP contribution in [-0.4, -0.2) is 94.5 Å². The lowest BCUT2D eigenvalue weighted by molar-refractivity contribution is -0.302. The van der Waals surface area contributed by atoms with E-state index in [1.807, 2.05) is 0 Å². The Morgan fingerprint density at radius 1 is 1.00 bits per heavy atom. The first-order chi connectivity index (χ1) is 17.2. The second kappa shape index (κ2) is 12.4. The summed E-state index contributed by atoms with van der Waals surface area (Å²) in [5, 5.41) is 42.1. The number of esters is 2. The van der Waals surface area contributed by atoms with E-state index in [0.29, 0.717) is 17.1 Å². The van der Waals surface area contributed by atoms with Crippen molar-refractivity contribution in [2.75, 3.05) is 26.4 Å². The lowest BCUT2D eigenvalue weighted by Gasteiger charge is -2.39. The van der Waals surface area contributed by atoms with Gasteiger partial charge in [0.15, 0.2) is 6.29 Å². The van der Waals surface area contributed by atoms with Crippen molar-refractivity contribution < 1.29 is 49.0 Å². The van der Waals surface area contributed by atoms with Crippen molar-refractivity contribution in [3.63, 3.8) is 0 Å². The highest BCUT2D eigenvalue weighted by Crippen LogP contribution is 2.38. The van der Waals surface area contributed by atoms with Crippen LogP contribution >= 0.6 is 0 Å². The Hall–Kier alpha value is -2.87. The molecule has 12 heteroatoms. The third-order valence-corrected chi connectivity index (χ3v) is 5.91. The zero-order valence-corrected chi connectivity index (χ0v) is 20.3. The molecule has 1 saturated heterocycles. The van der Waals surface area contributed by atoms with Gasteiger partial charge in [-0.3, -0.25) is 4.98 Å². The number of aliphatic hydroxyl groups is 4. The van der Waals surface area contributed by atoms with E-state index in [-0.39, 0.29) is 31.0 Å². The predicted octanol–water partition coefficient (Wildman–Crippen LogP) is -0.761. The molecule has 1 fully saturated rings. The van der Waals surface area contributed by atoms with Crippen LogP contribution in [-0.2, 0) is 28.5 Å². The summed E-state index contributed by atoms with van der Waals surface area (Å²) in [6.45, 7) is 4.17. The highest BCUT2D eigenvalue weighted by molar-refractivity contribution is 5.99. The Balaban J connectivity index is 1.72. The van der Waals surface area contributed by atoms with Gasteiger partial charge in [-0.05, 0) is 32.9 Å². The van der Waals surface area contributed by atoms with Gasteiger partial charge in [-0.2, -0.15) is 0 Å². The smallest absolute Gasteiger partial charge is 0.336 e. The average Bonchev–Trinajstić information content (AvgIpc) is 2.86. The molecule has 12 nitrogen and oxygen atoms in total. The normalized spacial score (nSPS) is 28.5. The number of pyridine rings is 1. The molecule has 0 amide bonds. The van der Waals surface area contributed by atoms with Crippen molar-refractivity contribution in [2.45, 2.75) is 57.4 Å². The van der Waals surface area contributed by atoms with Crippen LogP contribution in [0, 0.1) is 0 Å². The summed E-state index contributed by atoms with van der Waals surface area (Å²) in [4.78, 5) is 30.3. The van der Waals surface area contributed by atoms with Crippen LogP contribution in [0.1, 0.15) is 32.4 Å². The van der Waals surface area contributed by atoms with Crippen LogP contribution < -0.4 is 5.32 Å². The van der Waals surface area contributed by atoms with Crippen LogP contribution in [0.25, 0.3) is 0 Å². The molecule has 3 heterocycles. The molecule has 2 aliphatic rings. The van der Waals surface area contributed by atoms with E-state index in [0.717, 1.165) is 0 Å². The van der Waals surface area contributed by atoms with Crippen LogP contribution in [0.5, 0.6) is 0 Å². The van der Waals surface area contributed by atoms with E-state index in [1.54, 1.807) is 45.2 Å². The first kappa shape index (κ1) is 27.7. The van der Waals surface area contributed by atoms with Gasteiger partial charge in [0.05, 0.1) is 42.6 Å². The number of carbonyl (C=O) groups excluding carboxylic acids is 2. The van der Waals surface area contributed by atoms with E-state index in [9.17, 15) is 30.0 Å². The third-order valence-electron chi connectivity index (χ3n) is 5.91. The number of aliphatic hydroxyl groups excluding tert-OH is 4. The van der Waals surface area contributed by atoms with Crippen molar-refractivity contribution in [3.8, 4) is 0 Å². The summed E-state index contributed by atoms with van der Waals surface area (Å²) in [6.07, 6.45) is -5.57. The molecule has 198 valence electrons. The van der Waals surface area contributed by atoms with Crippen molar-refractivity contribution in [1.29, 1.82) is 0 Å². The summed E-state index contributed by atoms with van der Waals surface area (Å²) < 4.78 is 21.2. The molecule has 1 unspecified atom stereocenters. The number of carbonyl (C=O) groups is 2. The molecule has 2 aliphatic heterocycles. The molecule has 0 spiro atoms. The highest BCUT2D eigenvalue weighted by atomic mass is 16.7. The molecule has 0 saturated carbocycles. The zero-order chi connectivity index (χ0) is 26.4. The summed E-state index contributed by atoms with van der Waals surface area (Å²) >= 11 is 0. The standard InChI is InChI=1S/C24H32N2O10/c1-4-33-22(31)16-12(2)26-13(3)17(18(16)14-7-5-6-8-25-14)23(32)34-9-10-35-24-21(30)20(29)19(28)15(11-27)36-24/h5-8,15,18-21,24,26-30H,4,9-11H2,1-3H3/t15-,18?,19-,20+,21-,24-/m1/s1. The molecular weight excluding hydrogens is 476 g/mol. The van der Waals surface area contributed by atoms with Gasteiger partial charge >= 0.3 is 11.9 Å². The molecule has 0 bridgehead atoms. The Morgan fingerprint density at radius 3 is 2.25 bits per heavy atom. The molecule has 6 atom stereocenters. The first-order valence-corrected chi connectivity index (χ1v) is 11.6. The Morgan fingerprint density at radius 2 is 1.67 bits per heavy atom. The average molecular weight is 509 g/mol. The zero-order valence-electron chi connectivity index (χ0n) is 20.3. The number of hydrogen-bond acceptors (Lipinski definition) is 12. The van der Waals surface area contributed by atoms with E-state index in [1.165, 1.54) is 0 Å². The van der Waals surface area contributed by atoms with Crippen LogP contribution in [0.3, 0.4) is 0 Å². The third kappa shape index (κ3) is 5.91. The van der Waals surface area contributed by atoms with Crippen LogP contribution in [0.2, 0.25) is 0 Å². The number of allylic oxidation sites excluding steroid dienone is 2. The number of rotatable bonds is 9. The van der Waals surface area contributed by atoms with Gasteiger partial charge in [-0.15, -0.1) is 0 Å². The lowest BCUT2D eigenvalue weighted by atomic mass is 9.83. The maximum absolute atomic E-state index is 13.2. The number of nitrogens with zero attached hydrogens (tertiary/aromatic N) is 1. The molecule has 0 aromatic carbocycles. The van der Waals surface area contributed by atoms with Gasteiger partial charge in [0.2, 0.25) is 0 Å². The Kier molecular flexibility index (Phi) is 9.54. The van der Waals surface area contributed by atoms with Gasteiger partial charge < -0.3 is 44.7 Å². The molecule has 1 aromatic rings. The fraction of sp³-hybridized carbons (Fsp3) is 0.542. The predicted molar refractivity (Wildman–Crippen MR) is 123 cm³/mol. The van der Waals surface area contributed by atoms with Crippen LogP contribution in [0.15, 0.2) is 46.9 Å². The number of nitrogens with one attached hydrogen (secondary N) is 1. The maximum atomic E-state index is 13.2. The molecular formula is C24H32N2O10. The van der Waals surface area contributed by atoms with Crippen molar-refractivity contribution in [3.05, 3.63) is 52.6 Å². The molecule has 1 aromatic heterocycles. The van der Waals surface area contributed by atoms with E-state index >= 15 is 0 Å². The summed E-state index contributed by atoms with van der Waals surface area (Å²) in [5.41, 5.74) is 1.89. The molecule has 0 radical (unpaired) electrons. The number of ether oxygens (including phenoxy) is 4. The van der Waals surface area contributed by atoms with E-state index in [2.05, 4.69) is 10.3 Å². The van der Waals surface area contributed by atoms with Gasteiger partial charge in [0.25, 0.3) is 0 Å². The van der Waals surface area contributed by atoms with E-state index < -0.39 is 55.2 Å². The summed E-state index contributed by atoms with van der Waals surface area (Å²) in [5.74, 6) is -2.13. The number of dihydropyridines is 1. The van der Waals surface area contributed by atoms with Crippen molar-refractivity contribution in [2.24, 2.45) is 0 Å². The fourth-order valence-corrected chi connectivity index (χ4v) is 4.17. The molecule has 3 rings (SSSR count). The van der Waals surface area contributed by atoms with E-state index in [4.69, 9.17) is 18.9 Å². The quantitative estimate of drug-likeness (QED) is 0.208. The van der Waals surface area contributed by atoms with Crippen LogP contribution in [0.4, 0.5) is 0 Å². The topological polar surface area (TPSA) is 177 Å². The first-order valence-electron chi connectivity index (χ1n) is 11.6. The minimum Gasteiger partial charge on any atom is -0.463 e. The fourth-order valence-electron chi connectivity index (χ4n) is 4.17. The lowest BCUT2D eigenvalue weighted by Crippen LogP contribution is -2.59. The van der Waals surface area contributed by atoms with Gasteiger partial charge in [-0.25, -0.2) is 9.59 Å². The molecule has 0 aliphatic carbocycles. The Bertz CT molecular complexity index is 994. The van der Waals surface area contributed by atoms with Crippen molar-refractivity contribution in [1.82, 2.24) is 10.3 Å². The monoisotopic (exact) mass is 508 g/mol. The largest absolute Gasteiger partial charge is 0.463 e.